The maximum Gasteiger partial charge on any atom is 0.265 e. The van der Waals surface area contributed by atoms with E-state index in [2.05, 4.69) is 21.0 Å². The smallest absolute Gasteiger partial charge is 0.265 e. The van der Waals surface area contributed by atoms with Crippen molar-refractivity contribution < 1.29 is 17.9 Å². The zero-order valence-electron chi connectivity index (χ0n) is 14.0. The van der Waals surface area contributed by atoms with Crippen molar-refractivity contribution in [1.82, 2.24) is 9.31 Å². The van der Waals surface area contributed by atoms with Crippen LogP contribution in [0.3, 0.4) is 0 Å². The van der Waals surface area contributed by atoms with Crippen LogP contribution < -0.4 is 0 Å². The minimum absolute atomic E-state index is 0.173. The van der Waals surface area contributed by atoms with Crippen molar-refractivity contribution in [3.8, 4) is 0 Å². The van der Waals surface area contributed by atoms with Crippen molar-refractivity contribution >= 4 is 37.6 Å². The molecule has 1 atom stereocenters. The fourth-order valence-corrected chi connectivity index (χ4v) is 4.05. The molecule has 1 unspecified atom stereocenters. The summed E-state index contributed by atoms with van der Waals surface area (Å²) in [7, 11) is 1.03. The van der Waals surface area contributed by atoms with E-state index < -0.39 is 14.3 Å². The van der Waals surface area contributed by atoms with E-state index in [-0.39, 0.29) is 17.3 Å². The van der Waals surface area contributed by atoms with Crippen molar-refractivity contribution in [3.05, 3.63) is 29.8 Å². The number of amides is 1. The third-order valence-electron chi connectivity index (χ3n) is 3.84. The summed E-state index contributed by atoms with van der Waals surface area (Å²) >= 11 is 3.40. The zero-order chi connectivity index (χ0) is 18.1. The molecule has 1 aromatic rings. The number of hydrazone groups is 1. The standard InChI is InChI=1S/C15H20BrN3O4S/c1-15(16)13(17-19(3)14(15)20)11-5-7-12(8-6-11)24(21,22)18(2)9-10-23-4/h5-8H,9-10H2,1-4H3. The Morgan fingerprint density at radius 1 is 1.33 bits per heavy atom. The van der Waals surface area contributed by atoms with Gasteiger partial charge in [-0.3, -0.25) is 4.79 Å². The molecule has 0 fully saturated rings. The Kier molecular flexibility index (Phi) is 5.48. The van der Waals surface area contributed by atoms with Crippen molar-refractivity contribution in [2.75, 3.05) is 34.4 Å². The van der Waals surface area contributed by atoms with Gasteiger partial charge in [0.15, 0.2) is 0 Å². The number of nitrogens with zero attached hydrogens (tertiary/aromatic N) is 3. The minimum atomic E-state index is -3.58. The summed E-state index contributed by atoms with van der Waals surface area (Å²) in [6.45, 7) is 2.31. The molecule has 1 heterocycles. The maximum atomic E-state index is 12.5. The first-order valence-electron chi connectivity index (χ1n) is 7.24. The van der Waals surface area contributed by atoms with Gasteiger partial charge in [-0.2, -0.15) is 9.41 Å². The lowest BCUT2D eigenvalue weighted by atomic mass is 9.99. The normalized spacial score (nSPS) is 21.5. The van der Waals surface area contributed by atoms with E-state index in [0.717, 1.165) is 0 Å². The van der Waals surface area contributed by atoms with Crippen LogP contribution in [0.25, 0.3) is 0 Å². The van der Waals surface area contributed by atoms with Crippen molar-refractivity contribution in [2.24, 2.45) is 5.10 Å². The molecule has 0 bridgehead atoms. The largest absolute Gasteiger partial charge is 0.383 e. The van der Waals surface area contributed by atoms with Crippen LogP contribution in [0.1, 0.15) is 12.5 Å². The van der Waals surface area contributed by atoms with Crippen molar-refractivity contribution in [3.63, 3.8) is 0 Å². The zero-order valence-corrected chi connectivity index (χ0v) is 16.4. The molecule has 0 aromatic heterocycles. The number of methoxy groups -OCH3 is 1. The number of alkyl halides is 1. The van der Waals surface area contributed by atoms with Crippen molar-refractivity contribution in [2.45, 2.75) is 16.1 Å². The Hall–Kier alpha value is -1.29. The molecular formula is C15H20BrN3O4S. The van der Waals surface area contributed by atoms with Gasteiger partial charge in [0, 0.05) is 27.7 Å². The van der Waals surface area contributed by atoms with Gasteiger partial charge in [0.2, 0.25) is 10.0 Å². The van der Waals surface area contributed by atoms with Crippen LogP contribution >= 0.6 is 15.9 Å². The lowest BCUT2D eigenvalue weighted by Crippen LogP contribution is -2.37. The third-order valence-corrected chi connectivity index (χ3v) is 6.42. The Bertz CT molecular complexity index is 759. The molecular weight excluding hydrogens is 398 g/mol. The van der Waals surface area contributed by atoms with Crippen LogP contribution in [0.15, 0.2) is 34.3 Å². The van der Waals surface area contributed by atoms with Gasteiger partial charge in [0.05, 0.1) is 17.2 Å². The lowest BCUT2D eigenvalue weighted by Gasteiger charge is -2.18. The molecule has 1 amide bonds. The number of hydrogen-bond donors (Lipinski definition) is 0. The van der Waals surface area contributed by atoms with Gasteiger partial charge in [0.25, 0.3) is 5.91 Å². The predicted molar refractivity (Wildman–Crippen MR) is 94.8 cm³/mol. The number of carbonyl (C=O) groups is 1. The molecule has 1 aliphatic heterocycles. The summed E-state index contributed by atoms with van der Waals surface area (Å²) in [5.74, 6) is -0.173. The van der Waals surface area contributed by atoms with Crippen LogP contribution in [0.2, 0.25) is 0 Å². The summed E-state index contributed by atoms with van der Waals surface area (Å²) in [4.78, 5) is 12.3. The van der Waals surface area contributed by atoms with Gasteiger partial charge in [-0.15, -0.1) is 0 Å². The molecule has 0 radical (unpaired) electrons. The molecule has 2 rings (SSSR count). The van der Waals surface area contributed by atoms with E-state index in [1.807, 2.05) is 0 Å². The fourth-order valence-electron chi connectivity index (χ4n) is 2.33. The second-order valence-corrected chi connectivity index (χ2v) is 9.25. The summed E-state index contributed by atoms with van der Waals surface area (Å²) < 4.78 is 30.2. The average molecular weight is 418 g/mol. The molecule has 0 saturated carbocycles. The molecule has 24 heavy (non-hydrogen) atoms. The van der Waals surface area contributed by atoms with E-state index in [1.54, 1.807) is 26.1 Å². The summed E-state index contributed by atoms with van der Waals surface area (Å²) in [6, 6.07) is 6.34. The molecule has 7 nitrogen and oxygen atoms in total. The first-order chi connectivity index (χ1) is 11.1. The third kappa shape index (κ3) is 3.39. The van der Waals surface area contributed by atoms with E-state index in [1.165, 1.54) is 35.6 Å². The van der Waals surface area contributed by atoms with Gasteiger partial charge in [-0.1, -0.05) is 28.1 Å². The van der Waals surface area contributed by atoms with Gasteiger partial charge in [-0.05, 0) is 24.6 Å². The molecule has 0 spiro atoms. The second kappa shape index (κ2) is 6.91. The molecule has 0 N–H and O–H groups in total. The van der Waals surface area contributed by atoms with Crippen LogP contribution in [0.5, 0.6) is 0 Å². The van der Waals surface area contributed by atoms with Crippen molar-refractivity contribution in [1.29, 1.82) is 0 Å². The first-order valence-corrected chi connectivity index (χ1v) is 9.47. The fraction of sp³-hybridized carbons (Fsp3) is 0.467. The molecule has 1 aliphatic rings. The number of rotatable bonds is 6. The second-order valence-electron chi connectivity index (χ2n) is 5.62. The highest BCUT2D eigenvalue weighted by Gasteiger charge is 2.44. The number of likely N-dealkylation sites (N-methyl/N-ethyl adjacent to an activating group) is 1. The minimum Gasteiger partial charge on any atom is -0.383 e. The molecule has 1 aromatic carbocycles. The van der Waals surface area contributed by atoms with Crippen LogP contribution in [-0.4, -0.2) is 68.0 Å². The number of carbonyl (C=O) groups excluding carboxylic acids is 1. The SMILES string of the molecule is COCCN(C)S(=O)(=O)c1ccc(C2=NN(C)C(=O)C2(C)Br)cc1. The van der Waals surface area contributed by atoms with Gasteiger partial charge < -0.3 is 4.74 Å². The number of halogens is 1. The first kappa shape index (κ1) is 19.0. The Labute approximate surface area is 150 Å². The van der Waals surface area contributed by atoms with Crippen LogP contribution in [-0.2, 0) is 19.6 Å². The predicted octanol–water partition coefficient (Wildman–Crippen LogP) is 1.28. The Balaban J connectivity index is 2.29. The van der Waals surface area contributed by atoms with Gasteiger partial charge in [-0.25, -0.2) is 13.4 Å². The average Bonchev–Trinajstić information content (AvgIpc) is 2.75. The summed E-state index contributed by atoms with van der Waals surface area (Å²) in [5.41, 5.74) is 1.23. The summed E-state index contributed by atoms with van der Waals surface area (Å²) in [5, 5.41) is 5.51. The highest BCUT2D eigenvalue weighted by Crippen LogP contribution is 2.32. The number of benzene rings is 1. The molecule has 0 aliphatic carbocycles. The monoisotopic (exact) mass is 417 g/mol. The highest BCUT2D eigenvalue weighted by molar-refractivity contribution is 9.10. The van der Waals surface area contributed by atoms with Gasteiger partial charge >= 0.3 is 0 Å². The lowest BCUT2D eigenvalue weighted by molar-refractivity contribution is -0.128. The van der Waals surface area contributed by atoms with Crippen LogP contribution in [0, 0.1) is 0 Å². The molecule has 9 heteroatoms. The molecule has 132 valence electrons. The van der Waals surface area contributed by atoms with Crippen LogP contribution in [0.4, 0.5) is 0 Å². The topological polar surface area (TPSA) is 79.3 Å². The quantitative estimate of drug-likeness (QED) is 0.653. The summed E-state index contributed by atoms with van der Waals surface area (Å²) in [6.07, 6.45) is 0. The van der Waals surface area contributed by atoms with Gasteiger partial charge in [0.1, 0.15) is 4.32 Å². The van der Waals surface area contributed by atoms with E-state index in [4.69, 9.17) is 4.74 Å². The Morgan fingerprint density at radius 3 is 2.38 bits per heavy atom. The van der Waals surface area contributed by atoms with E-state index in [9.17, 15) is 13.2 Å². The molecule has 0 saturated heterocycles. The van der Waals surface area contributed by atoms with E-state index in [0.29, 0.717) is 17.9 Å². The maximum absolute atomic E-state index is 12.5. The number of ether oxygens (including phenoxy) is 1. The number of hydrogen-bond acceptors (Lipinski definition) is 5. The Morgan fingerprint density at radius 2 is 1.92 bits per heavy atom. The van der Waals surface area contributed by atoms with E-state index >= 15 is 0 Å². The number of sulfonamides is 1. The highest BCUT2D eigenvalue weighted by atomic mass is 79.9.